The highest BCUT2D eigenvalue weighted by Gasteiger charge is 2.29. The first-order valence-corrected chi connectivity index (χ1v) is 9.81. The van der Waals surface area contributed by atoms with Gasteiger partial charge in [0.15, 0.2) is 0 Å². The molecular weight excluding hydrogens is 340 g/mol. The number of anilines is 2. The predicted octanol–water partition coefficient (Wildman–Crippen LogP) is 3.30. The predicted molar refractivity (Wildman–Crippen MR) is 97.2 cm³/mol. The van der Waals surface area contributed by atoms with Crippen molar-refractivity contribution < 1.29 is 17.9 Å². The lowest BCUT2D eigenvalue weighted by Gasteiger charge is -2.26. The number of sulfonamides is 1. The zero-order valence-corrected chi connectivity index (χ0v) is 14.7. The number of carbonyl (C=O) groups excluding carboxylic acids is 1. The minimum absolute atomic E-state index is 0.0690. The second-order valence-electron chi connectivity index (χ2n) is 5.88. The summed E-state index contributed by atoms with van der Waals surface area (Å²) in [5, 5.41) is 2.78. The first-order valence-electron chi connectivity index (χ1n) is 8.15. The number of carbonyl (C=O) groups is 1. The lowest BCUT2D eigenvalue weighted by Crippen LogP contribution is -2.30. The van der Waals surface area contributed by atoms with Crippen LogP contribution >= 0.6 is 0 Å². The molecule has 2 N–H and O–H groups in total. The average Bonchev–Trinajstić information content (AvgIpc) is 2.60. The lowest BCUT2D eigenvalue weighted by atomic mass is 10.1. The zero-order chi connectivity index (χ0) is 17.9. The van der Waals surface area contributed by atoms with E-state index in [1.165, 1.54) is 0 Å². The van der Waals surface area contributed by atoms with Crippen molar-refractivity contribution in [3.8, 4) is 5.75 Å². The molecule has 1 aliphatic rings. The maximum Gasteiger partial charge on any atom is 0.270 e. The van der Waals surface area contributed by atoms with Gasteiger partial charge in [-0.2, -0.15) is 0 Å². The molecule has 0 saturated heterocycles. The summed E-state index contributed by atoms with van der Waals surface area (Å²) >= 11 is 0. The lowest BCUT2D eigenvalue weighted by molar-refractivity contribution is -0.123. The highest BCUT2D eigenvalue weighted by molar-refractivity contribution is 7.92. The zero-order valence-electron chi connectivity index (χ0n) is 13.9. The van der Waals surface area contributed by atoms with Crippen LogP contribution in [-0.4, -0.2) is 20.1 Å². The second-order valence-corrected chi connectivity index (χ2v) is 7.73. The van der Waals surface area contributed by atoms with Crippen LogP contribution in [0.3, 0.4) is 0 Å². The number of unbranched alkanes of at least 4 members (excludes halogenated alkanes) is 1. The summed E-state index contributed by atoms with van der Waals surface area (Å²) in [5.41, 5.74) is 1.61. The summed E-state index contributed by atoms with van der Waals surface area (Å²) in [5.74, 6) is 0.286. The van der Waals surface area contributed by atoms with Crippen LogP contribution in [0.15, 0.2) is 48.5 Å². The first-order chi connectivity index (χ1) is 12.0. The number of hydrogen-bond acceptors (Lipinski definition) is 4. The van der Waals surface area contributed by atoms with Gasteiger partial charge in [0.05, 0.1) is 17.1 Å². The van der Waals surface area contributed by atoms with Gasteiger partial charge >= 0.3 is 0 Å². The fourth-order valence-electron chi connectivity index (χ4n) is 2.58. The maximum absolute atomic E-state index is 12.3. The number of ether oxygens (including phenoxy) is 1. The van der Waals surface area contributed by atoms with Gasteiger partial charge in [-0.3, -0.25) is 9.52 Å². The van der Waals surface area contributed by atoms with Crippen molar-refractivity contribution >= 4 is 27.3 Å². The fourth-order valence-corrected chi connectivity index (χ4v) is 3.84. The van der Waals surface area contributed by atoms with Crippen LogP contribution in [0.2, 0.25) is 0 Å². The largest absolute Gasteiger partial charge is 0.474 e. The maximum atomic E-state index is 12.3. The van der Waals surface area contributed by atoms with Crippen LogP contribution in [0, 0.1) is 0 Å². The van der Waals surface area contributed by atoms with E-state index in [4.69, 9.17) is 4.74 Å². The first kappa shape index (κ1) is 17.3. The topological polar surface area (TPSA) is 84.5 Å². The number of nitrogens with one attached hydrogen (secondary N) is 2. The van der Waals surface area contributed by atoms with E-state index in [0.717, 1.165) is 12.0 Å². The van der Waals surface area contributed by atoms with E-state index in [9.17, 15) is 13.2 Å². The second kappa shape index (κ2) is 7.14. The van der Waals surface area contributed by atoms with Crippen molar-refractivity contribution in [1.29, 1.82) is 0 Å². The molecule has 2 aromatic carbocycles. The van der Waals surface area contributed by atoms with E-state index >= 15 is 0 Å². The van der Waals surface area contributed by atoms with Crippen molar-refractivity contribution in [2.75, 3.05) is 15.8 Å². The molecule has 2 aromatic rings. The third-order valence-electron chi connectivity index (χ3n) is 3.86. The van der Waals surface area contributed by atoms with Crippen LogP contribution in [0.1, 0.15) is 31.4 Å². The molecule has 132 valence electrons. The van der Waals surface area contributed by atoms with E-state index in [-0.39, 0.29) is 11.7 Å². The molecule has 6 nitrogen and oxygen atoms in total. The Labute approximate surface area is 147 Å². The molecule has 7 heteroatoms. The monoisotopic (exact) mass is 360 g/mol. The van der Waals surface area contributed by atoms with Gasteiger partial charge in [-0.05, 0) is 24.6 Å². The van der Waals surface area contributed by atoms with E-state index in [0.29, 0.717) is 23.5 Å². The molecule has 25 heavy (non-hydrogen) atoms. The summed E-state index contributed by atoms with van der Waals surface area (Å²) in [7, 11) is -3.39. The van der Waals surface area contributed by atoms with Gasteiger partial charge in [-0.1, -0.05) is 43.7 Å². The molecule has 1 heterocycles. The van der Waals surface area contributed by atoms with Crippen molar-refractivity contribution in [3.63, 3.8) is 0 Å². The van der Waals surface area contributed by atoms with Crippen LogP contribution in [0.25, 0.3) is 0 Å². The van der Waals surface area contributed by atoms with E-state index in [2.05, 4.69) is 10.0 Å². The molecule has 0 fully saturated rings. The molecule has 1 unspecified atom stereocenters. The molecule has 0 spiro atoms. The smallest absolute Gasteiger partial charge is 0.270 e. The molecule has 1 atom stereocenters. The Hall–Kier alpha value is -2.54. The Morgan fingerprint density at radius 2 is 1.92 bits per heavy atom. The molecule has 1 amide bonds. The molecule has 3 rings (SSSR count). The number of rotatable bonds is 6. The molecule has 0 saturated carbocycles. The average molecular weight is 360 g/mol. The van der Waals surface area contributed by atoms with Crippen LogP contribution in [-0.2, 0) is 14.8 Å². The van der Waals surface area contributed by atoms with Crippen molar-refractivity contribution in [3.05, 3.63) is 54.1 Å². The number of hydrogen-bond donors (Lipinski definition) is 2. The number of fused-ring (bicyclic) bond motifs is 1. The van der Waals surface area contributed by atoms with Crippen molar-refractivity contribution in [2.45, 2.75) is 25.9 Å². The fraction of sp³-hybridized carbons (Fsp3) is 0.278. The van der Waals surface area contributed by atoms with Crippen molar-refractivity contribution in [2.24, 2.45) is 0 Å². The van der Waals surface area contributed by atoms with E-state index in [1.807, 2.05) is 37.3 Å². The number of benzene rings is 2. The minimum Gasteiger partial charge on any atom is -0.474 e. The van der Waals surface area contributed by atoms with Gasteiger partial charge in [-0.25, -0.2) is 8.42 Å². The molecule has 0 bridgehead atoms. The normalized spacial score (nSPS) is 16.5. The van der Waals surface area contributed by atoms with Gasteiger partial charge in [-0.15, -0.1) is 0 Å². The van der Waals surface area contributed by atoms with Gasteiger partial charge in [0, 0.05) is 5.56 Å². The highest BCUT2D eigenvalue weighted by Crippen LogP contribution is 2.36. The highest BCUT2D eigenvalue weighted by atomic mass is 32.2. The van der Waals surface area contributed by atoms with E-state index in [1.54, 1.807) is 18.2 Å². The molecule has 0 aliphatic carbocycles. The molecular formula is C18H20N2O4S. The van der Waals surface area contributed by atoms with Gasteiger partial charge in [0.1, 0.15) is 5.75 Å². The molecule has 0 radical (unpaired) electrons. The Kier molecular flexibility index (Phi) is 4.94. The van der Waals surface area contributed by atoms with Gasteiger partial charge in [0.25, 0.3) is 5.91 Å². The molecule has 1 aliphatic heterocycles. The minimum atomic E-state index is -3.39. The summed E-state index contributed by atoms with van der Waals surface area (Å²) in [6.45, 7) is 1.93. The van der Waals surface area contributed by atoms with Crippen LogP contribution < -0.4 is 14.8 Å². The SMILES string of the molecule is CCCCS(=O)(=O)Nc1ccc2c(c1)NC(=O)C(c1ccccc1)O2. The quantitative estimate of drug-likeness (QED) is 0.828. The summed E-state index contributed by atoms with van der Waals surface area (Å²) in [4.78, 5) is 12.3. The summed E-state index contributed by atoms with van der Waals surface area (Å²) in [6, 6.07) is 14.1. The van der Waals surface area contributed by atoms with Crippen LogP contribution in [0.4, 0.5) is 11.4 Å². The van der Waals surface area contributed by atoms with Crippen molar-refractivity contribution in [1.82, 2.24) is 0 Å². The summed E-state index contributed by atoms with van der Waals surface area (Å²) in [6.07, 6.45) is 0.676. The third-order valence-corrected chi connectivity index (χ3v) is 5.24. The van der Waals surface area contributed by atoms with Gasteiger partial charge in [0.2, 0.25) is 16.1 Å². The third kappa shape index (κ3) is 4.11. The molecule has 0 aromatic heterocycles. The van der Waals surface area contributed by atoms with Crippen LogP contribution in [0.5, 0.6) is 5.75 Å². The standard InChI is InChI=1S/C18H20N2O4S/c1-2-3-11-25(22,23)20-14-9-10-16-15(12-14)19-18(21)17(24-16)13-7-5-4-6-8-13/h4-10,12,17,20H,2-3,11H2,1H3,(H,19,21). The van der Waals surface area contributed by atoms with Gasteiger partial charge < -0.3 is 10.1 Å². The van der Waals surface area contributed by atoms with E-state index < -0.39 is 16.1 Å². The Balaban J connectivity index is 1.79. The Bertz CT molecular complexity index is 866. The Morgan fingerprint density at radius 1 is 1.16 bits per heavy atom. The summed E-state index contributed by atoms with van der Waals surface area (Å²) < 4.78 is 32.3. The Morgan fingerprint density at radius 3 is 2.64 bits per heavy atom. The number of amides is 1.